The van der Waals surface area contributed by atoms with Crippen molar-refractivity contribution < 1.29 is 27.9 Å². The number of benzene rings is 3. The molecule has 0 aromatic heterocycles. The minimum absolute atomic E-state index is 0.0441. The predicted molar refractivity (Wildman–Crippen MR) is 168 cm³/mol. The van der Waals surface area contributed by atoms with E-state index in [0.717, 1.165) is 49.9 Å². The third-order valence-electron chi connectivity index (χ3n) is 9.14. The molecule has 0 radical (unpaired) electrons. The predicted octanol–water partition coefficient (Wildman–Crippen LogP) is 6.38. The first-order valence-corrected chi connectivity index (χ1v) is 16.0. The molecule has 1 aliphatic heterocycles. The first-order chi connectivity index (χ1) is 21.7. The van der Waals surface area contributed by atoms with Gasteiger partial charge < -0.3 is 20.6 Å². The fraction of sp³-hybridized carbons (Fsp3) is 0.444. The van der Waals surface area contributed by atoms with Gasteiger partial charge in [0.25, 0.3) is 11.8 Å². The molecule has 5 rings (SSSR count). The second kappa shape index (κ2) is 15.1. The molecule has 3 N–H and O–H groups in total. The molecular weight excluding hydrogens is 579 g/mol. The van der Waals surface area contributed by atoms with E-state index in [2.05, 4.69) is 10.6 Å². The smallest absolute Gasteiger partial charge is 0.390 e. The molecule has 0 bridgehead atoms. The van der Waals surface area contributed by atoms with Crippen molar-refractivity contribution in [3.8, 4) is 0 Å². The van der Waals surface area contributed by atoms with Gasteiger partial charge in [-0.25, -0.2) is 0 Å². The summed E-state index contributed by atoms with van der Waals surface area (Å²) in [6.07, 6.45) is 2.91. The van der Waals surface area contributed by atoms with Crippen LogP contribution < -0.4 is 10.6 Å². The van der Waals surface area contributed by atoms with E-state index in [9.17, 15) is 27.9 Å². The molecule has 1 aliphatic carbocycles. The van der Waals surface area contributed by atoms with Crippen LogP contribution >= 0.6 is 0 Å². The van der Waals surface area contributed by atoms with Crippen LogP contribution in [-0.4, -0.2) is 53.1 Å². The summed E-state index contributed by atoms with van der Waals surface area (Å²) in [6.45, 7) is 0.898. The van der Waals surface area contributed by atoms with Gasteiger partial charge in [0.2, 0.25) is 0 Å². The molecule has 1 saturated carbocycles. The minimum atomic E-state index is -4.44. The molecule has 1 heterocycles. The Morgan fingerprint density at radius 1 is 0.844 bits per heavy atom. The van der Waals surface area contributed by atoms with E-state index in [1.54, 1.807) is 30.3 Å². The Labute approximate surface area is 263 Å². The van der Waals surface area contributed by atoms with E-state index in [4.69, 9.17) is 0 Å². The van der Waals surface area contributed by atoms with Crippen LogP contribution in [0.1, 0.15) is 82.4 Å². The SMILES string of the molecule is O=C(NC(Cc1ccccc1)C(O)CNCc1cccc(C(F)(F)F)c1)c1cccc(C(=O)N2CCCC2C2CCCCC2)c1. The number of likely N-dealkylation sites (tertiary alicyclic amines) is 1. The number of rotatable bonds is 11. The second-order valence-corrected chi connectivity index (χ2v) is 12.4. The first-order valence-electron chi connectivity index (χ1n) is 16.0. The van der Waals surface area contributed by atoms with Crippen LogP contribution in [0.4, 0.5) is 13.2 Å². The Bertz CT molecular complexity index is 1430. The summed E-state index contributed by atoms with van der Waals surface area (Å²) in [7, 11) is 0. The van der Waals surface area contributed by atoms with Crippen molar-refractivity contribution in [2.45, 2.75) is 82.3 Å². The van der Waals surface area contributed by atoms with Gasteiger partial charge in [0.1, 0.15) is 0 Å². The number of hydrogen-bond acceptors (Lipinski definition) is 4. The molecule has 2 fully saturated rings. The van der Waals surface area contributed by atoms with E-state index < -0.39 is 29.8 Å². The Balaban J connectivity index is 1.25. The largest absolute Gasteiger partial charge is 0.416 e. The molecule has 1 saturated heterocycles. The zero-order chi connectivity index (χ0) is 31.8. The van der Waals surface area contributed by atoms with Gasteiger partial charge in [-0.2, -0.15) is 13.2 Å². The lowest BCUT2D eigenvalue weighted by Crippen LogP contribution is -2.48. The van der Waals surface area contributed by atoms with Crippen LogP contribution in [0.2, 0.25) is 0 Å². The van der Waals surface area contributed by atoms with Crippen LogP contribution in [0.15, 0.2) is 78.9 Å². The van der Waals surface area contributed by atoms with Crippen LogP contribution in [0.5, 0.6) is 0 Å². The zero-order valence-electron chi connectivity index (χ0n) is 25.4. The number of aliphatic hydroxyl groups excluding tert-OH is 1. The summed E-state index contributed by atoms with van der Waals surface area (Å²) in [5.41, 5.74) is 1.42. The summed E-state index contributed by atoms with van der Waals surface area (Å²) in [5, 5.41) is 17.1. The number of alkyl halides is 3. The molecule has 0 spiro atoms. The number of nitrogens with one attached hydrogen (secondary N) is 2. The maximum Gasteiger partial charge on any atom is 0.416 e. The standard InChI is InChI=1S/C36H42F3N3O3/c37-36(38,39)30-17-7-12-26(20-30)23-40-24-33(43)31(21-25-10-3-1-4-11-25)41-34(44)28-15-8-16-29(22-28)35(45)42-19-9-18-32(42)27-13-5-2-6-14-27/h1,3-4,7-8,10-12,15-17,20,22,27,31-33,40,43H,2,5-6,9,13-14,18-19,21,23-24H2,(H,41,44). The van der Waals surface area contributed by atoms with Gasteiger partial charge in [0, 0.05) is 36.8 Å². The lowest BCUT2D eigenvalue weighted by molar-refractivity contribution is -0.137. The topological polar surface area (TPSA) is 81.7 Å². The third-order valence-corrected chi connectivity index (χ3v) is 9.14. The fourth-order valence-electron chi connectivity index (χ4n) is 6.78. The van der Waals surface area contributed by atoms with Gasteiger partial charge in [-0.1, -0.05) is 73.9 Å². The van der Waals surface area contributed by atoms with E-state index in [1.165, 1.54) is 25.3 Å². The average molecular weight is 622 g/mol. The zero-order valence-corrected chi connectivity index (χ0v) is 25.4. The molecule has 2 aliphatic rings. The Morgan fingerprint density at radius 2 is 1.56 bits per heavy atom. The lowest BCUT2D eigenvalue weighted by atomic mass is 9.83. The van der Waals surface area contributed by atoms with Gasteiger partial charge in [-0.15, -0.1) is 0 Å². The van der Waals surface area contributed by atoms with E-state index in [-0.39, 0.29) is 25.0 Å². The summed E-state index contributed by atoms with van der Waals surface area (Å²) in [6, 6.07) is 20.8. The molecule has 240 valence electrons. The average Bonchev–Trinajstić information content (AvgIpc) is 3.55. The molecular formula is C36H42F3N3O3. The van der Waals surface area contributed by atoms with Gasteiger partial charge >= 0.3 is 6.18 Å². The summed E-state index contributed by atoms with van der Waals surface area (Å²) >= 11 is 0. The monoisotopic (exact) mass is 621 g/mol. The van der Waals surface area contributed by atoms with Gasteiger partial charge in [-0.3, -0.25) is 9.59 Å². The number of nitrogens with zero attached hydrogens (tertiary/aromatic N) is 1. The van der Waals surface area contributed by atoms with Crippen molar-refractivity contribution >= 4 is 11.8 Å². The third kappa shape index (κ3) is 8.73. The Kier molecular flexibility index (Phi) is 10.9. The van der Waals surface area contributed by atoms with Crippen molar-refractivity contribution in [1.82, 2.24) is 15.5 Å². The first kappa shape index (κ1) is 32.7. The van der Waals surface area contributed by atoms with Crippen molar-refractivity contribution in [1.29, 1.82) is 0 Å². The highest BCUT2D eigenvalue weighted by atomic mass is 19.4. The van der Waals surface area contributed by atoms with Crippen LogP contribution in [0, 0.1) is 5.92 Å². The molecule has 6 nitrogen and oxygen atoms in total. The van der Waals surface area contributed by atoms with Crippen LogP contribution in [-0.2, 0) is 19.1 Å². The van der Waals surface area contributed by atoms with Gasteiger partial charge in [-0.05, 0) is 73.4 Å². The summed E-state index contributed by atoms with van der Waals surface area (Å²) in [5.74, 6) is 0.0873. The van der Waals surface area contributed by atoms with Crippen LogP contribution in [0.3, 0.4) is 0 Å². The van der Waals surface area contributed by atoms with Crippen molar-refractivity contribution in [2.75, 3.05) is 13.1 Å². The lowest BCUT2D eigenvalue weighted by Gasteiger charge is -2.34. The van der Waals surface area contributed by atoms with Crippen LogP contribution in [0.25, 0.3) is 0 Å². The number of carbonyl (C=O) groups excluding carboxylic acids is 2. The maximum atomic E-state index is 13.6. The molecule has 3 atom stereocenters. The Hall–Kier alpha value is -3.69. The van der Waals surface area contributed by atoms with Gasteiger partial charge in [0.05, 0.1) is 17.7 Å². The molecule has 3 aromatic rings. The maximum absolute atomic E-state index is 13.6. The molecule has 9 heteroatoms. The quantitative estimate of drug-likeness (QED) is 0.232. The number of halogens is 3. The second-order valence-electron chi connectivity index (χ2n) is 12.4. The van der Waals surface area contributed by atoms with Crippen molar-refractivity contribution in [2.24, 2.45) is 5.92 Å². The van der Waals surface area contributed by atoms with E-state index >= 15 is 0 Å². The number of hydrogen-bond donors (Lipinski definition) is 3. The minimum Gasteiger partial charge on any atom is -0.390 e. The summed E-state index contributed by atoms with van der Waals surface area (Å²) in [4.78, 5) is 29.2. The highest BCUT2D eigenvalue weighted by Gasteiger charge is 2.36. The fourth-order valence-corrected chi connectivity index (χ4v) is 6.78. The molecule has 3 aromatic carbocycles. The molecule has 3 unspecified atom stereocenters. The highest BCUT2D eigenvalue weighted by molar-refractivity contribution is 6.00. The highest BCUT2D eigenvalue weighted by Crippen LogP contribution is 2.35. The van der Waals surface area contributed by atoms with Crippen molar-refractivity contribution in [3.05, 3.63) is 107 Å². The molecule has 45 heavy (non-hydrogen) atoms. The Morgan fingerprint density at radius 3 is 2.31 bits per heavy atom. The van der Waals surface area contributed by atoms with E-state index in [0.29, 0.717) is 29.0 Å². The number of aliphatic hydroxyl groups is 1. The van der Waals surface area contributed by atoms with Gasteiger partial charge in [0.15, 0.2) is 0 Å². The number of carbonyl (C=O) groups is 2. The summed E-state index contributed by atoms with van der Waals surface area (Å²) < 4.78 is 39.3. The van der Waals surface area contributed by atoms with Crippen molar-refractivity contribution in [3.63, 3.8) is 0 Å². The number of amides is 2. The molecule has 2 amide bonds. The van der Waals surface area contributed by atoms with E-state index in [1.807, 2.05) is 35.2 Å². The normalized spacial score (nSPS) is 18.8.